The lowest BCUT2D eigenvalue weighted by Gasteiger charge is -2.39. The summed E-state index contributed by atoms with van der Waals surface area (Å²) in [6, 6.07) is 12.5. The molecule has 31 heavy (non-hydrogen) atoms. The normalized spacial score (nSPS) is 18.9. The van der Waals surface area contributed by atoms with E-state index in [1.165, 1.54) is 22.5 Å². The molecule has 0 unspecified atom stereocenters. The Balaban J connectivity index is 1.33. The van der Waals surface area contributed by atoms with E-state index in [1.54, 1.807) is 12.1 Å². The van der Waals surface area contributed by atoms with Gasteiger partial charge >= 0.3 is 0 Å². The average Bonchev–Trinajstić information content (AvgIpc) is 2.79. The lowest BCUT2D eigenvalue weighted by molar-refractivity contribution is -0.137. The summed E-state index contributed by atoms with van der Waals surface area (Å²) in [6.45, 7) is 2.77. The molecule has 4 rings (SSSR count). The van der Waals surface area contributed by atoms with Crippen molar-refractivity contribution in [1.82, 2.24) is 9.21 Å². The molecule has 0 saturated carbocycles. The molecular weight excluding hydrogens is 421 g/mol. The molecule has 0 atom stereocenters. The van der Waals surface area contributed by atoms with Gasteiger partial charge in [0.25, 0.3) is 0 Å². The number of nitrogens with zero attached hydrogens (tertiary/aromatic N) is 3. The lowest BCUT2D eigenvalue weighted by Crippen LogP contribution is -2.52. The van der Waals surface area contributed by atoms with Gasteiger partial charge in [-0.25, -0.2) is 12.8 Å². The maximum Gasteiger partial charge on any atom is 0.245 e. The van der Waals surface area contributed by atoms with Crippen LogP contribution in [0.25, 0.3) is 0 Å². The van der Waals surface area contributed by atoms with Crippen LogP contribution in [0.15, 0.2) is 53.4 Å². The van der Waals surface area contributed by atoms with E-state index in [4.69, 9.17) is 0 Å². The number of anilines is 1. The van der Waals surface area contributed by atoms with Gasteiger partial charge in [0.2, 0.25) is 15.9 Å². The average molecular weight is 448 g/mol. The number of aromatic hydroxyl groups is 1. The predicted octanol–water partition coefficient (Wildman–Crippen LogP) is 2.28. The van der Waals surface area contributed by atoms with Gasteiger partial charge in [-0.05, 0) is 37.1 Å². The van der Waals surface area contributed by atoms with Gasteiger partial charge in [0.1, 0.15) is 16.5 Å². The molecule has 0 aromatic heterocycles. The van der Waals surface area contributed by atoms with Crippen LogP contribution in [0, 0.1) is 11.7 Å². The topological polar surface area (TPSA) is 81.2 Å². The standard InChI is InChI=1S/C22H26FN3O4S/c23-18-5-1-4-8-21(18)31(29,30)26-11-9-17(10-12-26)22(28)25-15-13-24(14-16-25)19-6-2-3-7-20(19)27/h1-8,17,27H,9-16H2. The zero-order chi connectivity index (χ0) is 22.0. The van der Waals surface area contributed by atoms with Gasteiger partial charge in [-0.15, -0.1) is 0 Å². The third kappa shape index (κ3) is 4.38. The van der Waals surface area contributed by atoms with Gasteiger partial charge in [0.05, 0.1) is 5.69 Å². The summed E-state index contributed by atoms with van der Waals surface area (Å²) in [7, 11) is -3.91. The van der Waals surface area contributed by atoms with Crippen LogP contribution < -0.4 is 4.90 Å². The summed E-state index contributed by atoms with van der Waals surface area (Å²) >= 11 is 0. The summed E-state index contributed by atoms with van der Waals surface area (Å²) in [6.07, 6.45) is 0.846. The fraction of sp³-hybridized carbons (Fsp3) is 0.409. The van der Waals surface area contributed by atoms with E-state index in [2.05, 4.69) is 4.90 Å². The van der Waals surface area contributed by atoms with Crippen molar-refractivity contribution in [3.05, 3.63) is 54.3 Å². The number of carbonyl (C=O) groups is 1. The summed E-state index contributed by atoms with van der Waals surface area (Å²) in [5, 5.41) is 10.0. The van der Waals surface area contributed by atoms with Gasteiger partial charge in [0.15, 0.2) is 0 Å². The number of para-hydroxylation sites is 2. The zero-order valence-electron chi connectivity index (χ0n) is 17.2. The Morgan fingerprint density at radius 3 is 2.16 bits per heavy atom. The zero-order valence-corrected chi connectivity index (χ0v) is 18.0. The van der Waals surface area contributed by atoms with Gasteiger partial charge in [-0.1, -0.05) is 24.3 Å². The highest BCUT2D eigenvalue weighted by molar-refractivity contribution is 7.89. The maximum atomic E-state index is 14.0. The third-order valence-corrected chi connectivity index (χ3v) is 8.00. The van der Waals surface area contributed by atoms with Gasteiger partial charge in [-0.3, -0.25) is 4.79 Å². The van der Waals surface area contributed by atoms with E-state index in [-0.39, 0.29) is 35.6 Å². The number of benzene rings is 2. The summed E-state index contributed by atoms with van der Waals surface area (Å²) < 4.78 is 40.7. The second kappa shape index (κ2) is 8.84. The maximum absolute atomic E-state index is 14.0. The van der Waals surface area contributed by atoms with Crippen molar-refractivity contribution in [3.8, 4) is 5.75 Å². The van der Waals surface area contributed by atoms with E-state index in [9.17, 15) is 22.7 Å². The van der Waals surface area contributed by atoms with E-state index < -0.39 is 15.8 Å². The van der Waals surface area contributed by atoms with Crippen molar-refractivity contribution in [2.45, 2.75) is 17.7 Å². The van der Waals surface area contributed by atoms with Crippen molar-refractivity contribution in [2.24, 2.45) is 5.92 Å². The lowest BCUT2D eigenvalue weighted by atomic mass is 9.96. The molecule has 7 nitrogen and oxygen atoms in total. The van der Waals surface area contributed by atoms with Crippen molar-refractivity contribution in [2.75, 3.05) is 44.2 Å². The van der Waals surface area contributed by atoms with Crippen LogP contribution in [0.1, 0.15) is 12.8 Å². The number of hydrogen-bond acceptors (Lipinski definition) is 5. The van der Waals surface area contributed by atoms with Crippen LogP contribution in [0.5, 0.6) is 5.75 Å². The molecule has 1 amide bonds. The Morgan fingerprint density at radius 2 is 1.52 bits per heavy atom. The molecule has 0 aliphatic carbocycles. The number of phenolic OH excluding ortho intramolecular Hbond substituents is 1. The molecule has 2 aromatic rings. The van der Waals surface area contributed by atoms with Crippen molar-refractivity contribution >= 4 is 21.6 Å². The van der Waals surface area contributed by atoms with Crippen molar-refractivity contribution < 1.29 is 22.7 Å². The monoisotopic (exact) mass is 447 g/mol. The molecule has 1 N–H and O–H groups in total. The van der Waals surface area contributed by atoms with E-state index >= 15 is 0 Å². The number of halogens is 1. The number of carbonyl (C=O) groups excluding carboxylic acids is 1. The van der Waals surface area contributed by atoms with Crippen LogP contribution in [0.3, 0.4) is 0 Å². The van der Waals surface area contributed by atoms with Crippen LogP contribution in [0.4, 0.5) is 10.1 Å². The first-order valence-electron chi connectivity index (χ1n) is 10.4. The smallest absolute Gasteiger partial charge is 0.245 e. The Labute approximate surface area is 181 Å². The fourth-order valence-electron chi connectivity index (χ4n) is 4.29. The summed E-state index contributed by atoms with van der Waals surface area (Å²) in [4.78, 5) is 16.5. The van der Waals surface area contributed by atoms with E-state index in [0.717, 1.165) is 11.8 Å². The van der Waals surface area contributed by atoms with E-state index in [1.807, 2.05) is 17.0 Å². The van der Waals surface area contributed by atoms with Gasteiger partial charge < -0.3 is 14.9 Å². The molecule has 9 heteroatoms. The predicted molar refractivity (Wildman–Crippen MR) is 115 cm³/mol. The molecule has 2 fully saturated rings. The SMILES string of the molecule is O=C(C1CCN(S(=O)(=O)c2ccccc2F)CC1)N1CCN(c2ccccc2O)CC1. The Bertz CT molecular complexity index is 1050. The van der Waals surface area contributed by atoms with Crippen LogP contribution in [0.2, 0.25) is 0 Å². The fourth-order valence-corrected chi connectivity index (χ4v) is 5.83. The molecule has 166 valence electrons. The highest BCUT2D eigenvalue weighted by Crippen LogP contribution is 2.29. The summed E-state index contributed by atoms with van der Waals surface area (Å²) in [5.41, 5.74) is 0.765. The molecule has 2 heterocycles. The minimum Gasteiger partial charge on any atom is -0.506 e. The Morgan fingerprint density at radius 1 is 0.903 bits per heavy atom. The number of rotatable bonds is 4. The van der Waals surface area contributed by atoms with Crippen molar-refractivity contribution in [3.63, 3.8) is 0 Å². The van der Waals surface area contributed by atoms with E-state index in [0.29, 0.717) is 39.0 Å². The molecule has 0 spiro atoms. The summed E-state index contributed by atoms with van der Waals surface area (Å²) in [5.74, 6) is -0.725. The molecule has 2 aliphatic rings. The molecule has 0 radical (unpaired) electrons. The first-order valence-corrected chi connectivity index (χ1v) is 11.9. The number of piperazine rings is 1. The van der Waals surface area contributed by atoms with Crippen molar-refractivity contribution in [1.29, 1.82) is 0 Å². The number of amides is 1. The minimum atomic E-state index is -3.91. The number of hydrogen-bond donors (Lipinski definition) is 1. The van der Waals surface area contributed by atoms with Gasteiger partial charge in [-0.2, -0.15) is 4.31 Å². The highest BCUT2D eigenvalue weighted by Gasteiger charge is 2.35. The first-order chi connectivity index (χ1) is 14.9. The second-order valence-electron chi connectivity index (χ2n) is 7.91. The number of sulfonamides is 1. The van der Waals surface area contributed by atoms with Crippen LogP contribution >= 0.6 is 0 Å². The first kappa shape index (κ1) is 21.6. The van der Waals surface area contributed by atoms with Gasteiger partial charge in [0, 0.05) is 45.2 Å². The highest BCUT2D eigenvalue weighted by atomic mass is 32.2. The largest absolute Gasteiger partial charge is 0.506 e. The molecule has 2 aromatic carbocycles. The molecule has 2 saturated heterocycles. The molecule has 2 aliphatic heterocycles. The van der Waals surface area contributed by atoms with Crippen LogP contribution in [-0.2, 0) is 14.8 Å². The Hall–Kier alpha value is -2.65. The Kier molecular flexibility index (Phi) is 6.15. The quantitative estimate of drug-likeness (QED) is 0.778. The molecule has 0 bridgehead atoms. The second-order valence-corrected chi connectivity index (χ2v) is 9.82. The molecular formula is C22H26FN3O4S. The third-order valence-electron chi connectivity index (χ3n) is 6.07. The van der Waals surface area contributed by atoms with Crippen LogP contribution in [-0.4, -0.2) is 67.9 Å². The minimum absolute atomic E-state index is 0.0415. The number of piperidine rings is 1. The number of phenols is 1.